The Kier molecular flexibility index (Phi) is 6.84. The van der Waals surface area contributed by atoms with Gasteiger partial charge in [0, 0.05) is 11.6 Å². The number of amides is 1. The molecule has 2 rings (SSSR count). The first-order chi connectivity index (χ1) is 12.4. The van der Waals surface area contributed by atoms with Gasteiger partial charge in [-0.3, -0.25) is 4.79 Å². The minimum atomic E-state index is -0.163. The Morgan fingerprint density at radius 2 is 1.69 bits per heavy atom. The molecule has 0 aromatic heterocycles. The summed E-state index contributed by atoms with van der Waals surface area (Å²) in [6.45, 7) is 7.31. The van der Waals surface area contributed by atoms with Gasteiger partial charge in [-0.1, -0.05) is 57.2 Å². The van der Waals surface area contributed by atoms with Gasteiger partial charge in [0.15, 0.2) is 0 Å². The number of ether oxygens (including phenoxy) is 2. The highest BCUT2D eigenvalue weighted by Gasteiger charge is 2.18. The van der Waals surface area contributed by atoms with Gasteiger partial charge >= 0.3 is 0 Å². The summed E-state index contributed by atoms with van der Waals surface area (Å²) >= 11 is 0. The molecule has 0 fully saturated rings. The molecule has 2 aromatic carbocycles. The van der Waals surface area contributed by atoms with E-state index in [4.69, 9.17) is 9.47 Å². The van der Waals surface area contributed by atoms with E-state index in [0.29, 0.717) is 13.2 Å². The van der Waals surface area contributed by atoms with E-state index in [-0.39, 0.29) is 11.3 Å². The van der Waals surface area contributed by atoms with Crippen LogP contribution in [0.25, 0.3) is 6.08 Å². The molecule has 1 amide bonds. The zero-order valence-corrected chi connectivity index (χ0v) is 15.9. The fourth-order valence-electron chi connectivity index (χ4n) is 2.58. The van der Waals surface area contributed by atoms with Crippen molar-refractivity contribution >= 4 is 12.0 Å². The third kappa shape index (κ3) is 5.66. The first-order valence-corrected chi connectivity index (χ1v) is 8.73. The van der Waals surface area contributed by atoms with Crippen molar-refractivity contribution in [2.45, 2.75) is 26.2 Å². The van der Waals surface area contributed by atoms with Crippen LogP contribution in [0.5, 0.6) is 11.5 Å². The maximum Gasteiger partial charge on any atom is 0.244 e. The van der Waals surface area contributed by atoms with E-state index in [9.17, 15) is 4.79 Å². The molecular weight excluding hydrogens is 326 g/mol. The second kappa shape index (κ2) is 9.09. The van der Waals surface area contributed by atoms with Gasteiger partial charge < -0.3 is 14.8 Å². The second-order valence-corrected chi connectivity index (χ2v) is 6.96. The Morgan fingerprint density at radius 1 is 1.04 bits per heavy atom. The Bertz CT molecular complexity index is 760. The molecule has 1 N–H and O–H groups in total. The van der Waals surface area contributed by atoms with Crippen molar-refractivity contribution < 1.29 is 14.3 Å². The summed E-state index contributed by atoms with van der Waals surface area (Å²) in [6.07, 6.45) is 3.24. The summed E-state index contributed by atoms with van der Waals surface area (Å²) in [6, 6.07) is 15.6. The van der Waals surface area contributed by atoms with Crippen LogP contribution in [0.2, 0.25) is 0 Å². The van der Waals surface area contributed by atoms with Crippen LogP contribution in [0.4, 0.5) is 0 Å². The third-order valence-corrected chi connectivity index (χ3v) is 3.91. The molecular formula is C22H27NO3. The molecule has 0 spiro atoms. The van der Waals surface area contributed by atoms with Gasteiger partial charge in [-0.25, -0.2) is 0 Å². The van der Waals surface area contributed by atoms with Crippen LogP contribution in [0.15, 0.2) is 54.6 Å². The number of benzene rings is 2. The number of rotatable bonds is 7. The van der Waals surface area contributed by atoms with Crippen molar-refractivity contribution in [3.8, 4) is 11.5 Å². The summed E-state index contributed by atoms with van der Waals surface area (Å²) in [5, 5.41) is 2.83. The topological polar surface area (TPSA) is 47.6 Å². The van der Waals surface area contributed by atoms with E-state index >= 15 is 0 Å². The van der Waals surface area contributed by atoms with Crippen LogP contribution in [0.1, 0.15) is 31.9 Å². The van der Waals surface area contributed by atoms with Crippen molar-refractivity contribution in [3.05, 3.63) is 65.7 Å². The van der Waals surface area contributed by atoms with Crippen molar-refractivity contribution in [3.63, 3.8) is 0 Å². The molecule has 4 nitrogen and oxygen atoms in total. The first kappa shape index (κ1) is 19.6. The molecule has 0 heterocycles. The zero-order chi connectivity index (χ0) is 19.0. The SMILES string of the molecule is COc1ccccc1/C=C/C(=O)NCCOc1ccccc1C(C)(C)C. The maximum absolute atomic E-state index is 12.0. The van der Waals surface area contributed by atoms with Crippen LogP contribution in [-0.4, -0.2) is 26.2 Å². The van der Waals surface area contributed by atoms with Crippen LogP contribution in [-0.2, 0) is 10.2 Å². The number of carbonyl (C=O) groups excluding carboxylic acids is 1. The second-order valence-electron chi connectivity index (χ2n) is 6.96. The summed E-state index contributed by atoms with van der Waals surface area (Å²) < 4.78 is 11.1. The molecule has 0 bridgehead atoms. The molecule has 0 aliphatic carbocycles. The number of methoxy groups -OCH3 is 1. The molecule has 138 valence electrons. The van der Waals surface area contributed by atoms with Crippen LogP contribution in [0, 0.1) is 0 Å². The molecule has 0 radical (unpaired) electrons. The molecule has 0 aliphatic heterocycles. The van der Waals surface area contributed by atoms with E-state index in [1.165, 1.54) is 6.08 Å². The van der Waals surface area contributed by atoms with Crippen molar-refractivity contribution in [2.75, 3.05) is 20.3 Å². The summed E-state index contributed by atoms with van der Waals surface area (Å²) in [4.78, 5) is 12.0. The van der Waals surface area contributed by atoms with Gasteiger partial charge in [0.2, 0.25) is 5.91 Å². The monoisotopic (exact) mass is 353 g/mol. The average Bonchev–Trinajstić information content (AvgIpc) is 2.63. The van der Waals surface area contributed by atoms with E-state index < -0.39 is 0 Å². The predicted octanol–water partition coefficient (Wildman–Crippen LogP) is 4.20. The summed E-state index contributed by atoms with van der Waals surface area (Å²) in [7, 11) is 1.61. The van der Waals surface area contributed by atoms with Gasteiger partial charge in [-0.05, 0) is 29.2 Å². The smallest absolute Gasteiger partial charge is 0.244 e. The highest BCUT2D eigenvalue weighted by molar-refractivity contribution is 5.92. The molecule has 0 atom stereocenters. The van der Waals surface area contributed by atoms with E-state index in [1.807, 2.05) is 42.5 Å². The highest BCUT2D eigenvalue weighted by atomic mass is 16.5. The average molecular weight is 353 g/mol. The van der Waals surface area contributed by atoms with Crippen molar-refractivity contribution in [1.82, 2.24) is 5.32 Å². The van der Waals surface area contributed by atoms with Gasteiger partial charge in [0.25, 0.3) is 0 Å². The fraction of sp³-hybridized carbons (Fsp3) is 0.318. The number of nitrogens with one attached hydrogen (secondary N) is 1. The van der Waals surface area contributed by atoms with Crippen LogP contribution >= 0.6 is 0 Å². The highest BCUT2D eigenvalue weighted by Crippen LogP contribution is 2.30. The Hall–Kier alpha value is -2.75. The maximum atomic E-state index is 12.0. The Labute approximate surface area is 155 Å². The fourth-order valence-corrected chi connectivity index (χ4v) is 2.58. The number of para-hydroxylation sites is 2. The lowest BCUT2D eigenvalue weighted by atomic mass is 9.86. The predicted molar refractivity (Wildman–Crippen MR) is 106 cm³/mol. The first-order valence-electron chi connectivity index (χ1n) is 8.73. The molecule has 26 heavy (non-hydrogen) atoms. The van der Waals surface area contributed by atoms with Gasteiger partial charge in [0.05, 0.1) is 13.7 Å². The quantitative estimate of drug-likeness (QED) is 0.599. The molecule has 0 aliphatic rings. The zero-order valence-electron chi connectivity index (χ0n) is 15.9. The lowest BCUT2D eigenvalue weighted by molar-refractivity contribution is -0.116. The van der Waals surface area contributed by atoms with E-state index in [0.717, 1.165) is 22.6 Å². The van der Waals surface area contributed by atoms with E-state index in [2.05, 4.69) is 32.2 Å². The largest absolute Gasteiger partial charge is 0.496 e. The minimum Gasteiger partial charge on any atom is -0.496 e. The van der Waals surface area contributed by atoms with Crippen molar-refractivity contribution in [2.24, 2.45) is 0 Å². The third-order valence-electron chi connectivity index (χ3n) is 3.91. The minimum absolute atomic E-state index is 0.0112. The standard InChI is InChI=1S/C22H27NO3/c1-22(2,3)18-10-6-8-12-20(18)26-16-15-23-21(24)14-13-17-9-5-7-11-19(17)25-4/h5-14H,15-16H2,1-4H3,(H,23,24)/b14-13+. The van der Waals surface area contributed by atoms with Crippen molar-refractivity contribution in [1.29, 1.82) is 0 Å². The Morgan fingerprint density at radius 3 is 2.38 bits per heavy atom. The molecule has 2 aromatic rings. The number of carbonyl (C=O) groups is 1. The van der Waals surface area contributed by atoms with Gasteiger partial charge in [-0.15, -0.1) is 0 Å². The van der Waals surface area contributed by atoms with Gasteiger partial charge in [-0.2, -0.15) is 0 Å². The molecule has 0 unspecified atom stereocenters. The molecule has 0 saturated heterocycles. The number of hydrogen-bond acceptors (Lipinski definition) is 3. The lowest BCUT2D eigenvalue weighted by Crippen LogP contribution is -2.26. The van der Waals surface area contributed by atoms with Crippen LogP contribution < -0.4 is 14.8 Å². The van der Waals surface area contributed by atoms with E-state index in [1.54, 1.807) is 13.2 Å². The Balaban J connectivity index is 1.83. The summed E-state index contributed by atoms with van der Waals surface area (Å²) in [5.41, 5.74) is 2.03. The van der Waals surface area contributed by atoms with Crippen LogP contribution in [0.3, 0.4) is 0 Å². The number of hydrogen-bond donors (Lipinski definition) is 1. The van der Waals surface area contributed by atoms with Gasteiger partial charge in [0.1, 0.15) is 18.1 Å². The summed E-state index contributed by atoms with van der Waals surface area (Å²) in [5.74, 6) is 1.43. The normalized spacial score (nSPS) is 11.4. The molecule has 4 heteroatoms. The molecule has 0 saturated carbocycles. The lowest BCUT2D eigenvalue weighted by Gasteiger charge is -2.22.